The highest BCUT2D eigenvalue weighted by Gasteiger charge is 2.64. The van der Waals surface area contributed by atoms with Gasteiger partial charge < -0.3 is 20.1 Å². The summed E-state index contributed by atoms with van der Waals surface area (Å²) in [6.45, 7) is 4.20. The van der Waals surface area contributed by atoms with Gasteiger partial charge in [-0.2, -0.15) is 14.3 Å². The number of fused-ring (bicyclic) bond motifs is 2. The van der Waals surface area contributed by atoms with Crippen molar-refractivity contribution < 1.29 is 32.2 Å². The van der Waals surface area contributed by atoms with E-state index in [9.17, 15) is 22.6 Å². The van der Waals surface area contributed by atoms with Gasteiger partial charge in [0, 0.05) is 17.9 Å². The number of carbonyl (C=O) groups excluding carboxylic acids is 1. The van der Waals surface area contributed by atoms with Gasteiger partial charge in [0.2, 0.25) is 0 Å². The highest BCUT2D eigenvalue weighted by Crippen LogP contribution is 2.64. The van der Waals surface area contributed by atoms with E-state index in [2.05, 4.69) is 4.98 Å². The number of aromatic nitrogens is 2. The van der Waals surface area contributed by atoms with Crippen molar-refractivity contribution in [2.24, 2.45) is 16.7 Å². The standard InChI is InChI=1S/C10H16O4S.C8H11N3O3S/c1-9(2)7-3-4-10(9,8(11)5-7)6-15(12,13)14;9-5-1-2-11(8(13)10-5)6-4-14-7(3-12)15-6/h7H,3-6H2,1-2H3,(H,12,13,14);1-2,6-7,12H,3-4H2,(H2,9,10,13)/t7-,10-;6-,7-/m10/s1. The van der Waals surface area contributed by atoms with Crippen LogP contribution in [0.1, 0.15) is 38.5 Å². The molecule has 0 spiro atoms. The van der Waals surface area contributed by atoms with Crippen LogP contribution in [-0.4, -0.2) is 53.2 Å². The maximum absolute atomic E-state index is 11.8. The minimum atomic E-state index is -4.33. The number of ether oxygens (including phenoxy) is 1. The number of nitrogens with zero attached hydrogens (tertiary/aromatic N) is 1. The van der Waals surface area contributed by atoms with Crippen LogP contribution >= 0.6 is 11.8 Å². The Bertz CT molecular complexity index is 978. The van der Waals surface area contributed by atoms with Gasteiger partial charge in [-0.25, -0.2) is 8.42 Å². The van der Waals surface area contributed by atoms with Gasteiger partial charge in [-0.05, 0) is 24.2 Å². The molecule has 2 heterocycles. The molecule has 168 valence electrons. The van der Waals surface area contributed by atoms with Crippen LogP contribution in [-0.2, 0) is 19.6 Å². The molecule has 2 aliphatic carbocycles. The molecule has 30 heavy (non-hydrogen) atoms. The number of carbonyl (C=O) groups is 1. The summed E-state index contributed by atoms with van der Waals surface area (Å²) >= 11 is 1.41. The SMILES string of the molecule is CC1(C)[C@@H]2CC[C@@]1(CS(=O)(=O)[O-])C(=O)C2.Nc1cc[n+]([C@@H]2CO[C@H](CO)S2)c(=O)[nH]1. The summed E-state index contributed by atoms with van der Waals surface area (Å²) in [6.07, 6.45) is 3.50. The van der Waals surface area contributed by atoms with Gasteiger partial charge in [0.25, 0.3) is 0 Å². The monoisotopic (exact) mass is 461 g/mol. The Hall–Kier alpha value is -1.47. The summed E-state index contributed by atoms with van der Waals surface area (Å²) in [4.78, 5) is 25.9. The second-order valence-corrected chi connectivity index (χ2v) is 11.3. The minimum Gasteiger partial charge on any atom is -0.748 e. The number of nitrogen functional groups attached to an aromatic ring is 1. The zero-order chi connectivity index (χ0) is 22.3. The molecule has 0 radical (unpaired) electrons. The predicted molar refractivity (Wildman–Crippen MR) is 108 cm³/mol. The molecule has 1 aliphatic heterocycles. The Labute approximate surface area is 179 Å². The van der Waals surface area contributed by atoms with Crippen LogP contribution in [0, 0.1) is 16.7 Å². The maximum atomic E-state index is 11.8. The largest absolute Gasteiger partial charge is 0.748 e. The van der Waals surface area contributed by atoms with E-state index in [1.54, 1.807) is 12.3 Å². The number of aliphatic hydroxyl groups is 1. The number of ketones is 1. The quantitative estimate of drug-likeness (QED) is 0.405. The van der Waals surface area contributed by atoms with E-state index < -0.39 is 21.3 Å². The number of nitrogens with two attached hydrogens (primary N) is 1. The highest BCUT2D eigenvalue weighted by molar-refractivity contribution is 7.99. The molecule has 1 aromatic rings. The smallest absolute Gasteiger partial charge is 0.498 e. The molecule has 0 amide bonds. The number of nitrogens with one attached hydrogen (secondary N) is 1. The average Bonchev–Trinajstić information content (AvgIpc) is 3.24. The van der Waals surface area contributed by atoms with E-state index in [1.165, 1.54) is 16.3 Å². The second kappa shape index (κ2) is 8.23. The Kier molecular flexibility index (Phi) is 6.36. The molecule has 3 fully saturated rings. The van der Waals surface area contributed by atoms with E-state index in [1.807, 2.05) is 13.8 Å². The molecule has 0 aromatic carbocycles. The lowest BCUT2D eigenvalue weighted by Crippen LogP contribution is -2.53. The fourth-order valence-corrected chi connectivity index (χ4v) is 7.11. The molecular weight excluding hydrogens is 434 g/mol. The molecule has 3 aliphatic rings. The Balaban J connectivity index is 0.000000171. The summed E-state index contributed by atoms with van der Waals surface area (Å²) in [5.74, 6) is 0.0521. The van der Waals surface area contributed by atoms with Crippen molar-refractivity contribution in [3.05, 3.63) is 22.7 Å². The minimum absolute atomic E-state index is 0.0248. The lowest BCUT2D eigenvalue weighted by Gasteiger charge is -2.37. The van der Waals surface area contributed by atoms with Crippen molar-refractivity contribution in [2.45, 2.75) is 43.9 Å². The van der Waals surface area contributed by atoms with Crippen molar-refractivity contribution in [1.29, 1.82) is 0 Å². The van der Waals surface area contributed by atoms with Crippen LogP contribution in [0.15, 0.2) is 17.1 Å². The first-order valence-corrected chi connectivity index (χ1v) is 12.2. The third-order valence-electron chi connectivity index (χ3n) is 6.66. The third kappa shape index (κ3) is 4.28. The number of thioether (sulfide) groups is 1. The topological polar surface area (TPSA) is 166 Å². The first kappa shape index (κ1) is 23.2. The number of aromatic amines is 1. The van der Waals surface area contributed by atoms with E-state index in [4.69, 9.17) is 15.6 Å². The number of aliphatic hydroxyl groups excluding tert-OH is 1. The number of H-pyrrole nitrogens is 1. The molecular formula is C18H27N3O7S2. The van der Waals surface area contributed by atoms with E-state index in [0.29, 0.717) is 25.3 Å². The lowest BCUT2D eigenvalue weighted by molar-refractivity contribution is -0.716. The van der Waals surface area contributed by atoms with Crippen LogP contribution in [0.2, 0.25) is 0 Å². The maximum Gasteiger partial charge on any atom is 0.498 e. The van der Waals surface area contributed by atoms with Crippen LogP contribution < -0.4 is 16.0 Å². The zero-order valence-corrected chi connectivity index (χ0v) is 18.5. The Morgan fingerprint density at radius 1 is 1.43 bits per heavy atom. The predicted octanol–water partition coefficient (Wildman–Crippen LogP) is -0.248. The first-order valence-electron chi connectivity index (χ1n) is 9.64. The summed E-state index contributed by atoms with van der Waals surface area (Å²) in [5.41, 5.74) is 3.69. The van der Waals surface area contributed by atoms with E-state index in [-0.39, 0.29) is 40.2 Å². The van der Waals surface area contributed by atoms with Crippen molar-refractivity contribution in [3.8, 4) is 0 Å². The van der Waals surface area contributed by atoms with Gasteiger partial charge in [0.15, 0.2) is 11.2 Å². The van der Waals surface area contributed by atoms with Gasteiger partial charge in [0.1, 0.15) is 17.4 Å². The van der Waals surface area contributed by atoms with Gasteiger partial charge in [-0.15, -0.1) is 0 Å². The van der Waals surface area contributed by atoms with E-state index in [0.717, 1.165) is 6.42 Å². The van der Waals surface area contributed by atoms with Crippen molar-refractivity contribution >= 4 is 33.5 Å². The Morgan fingerprint density at radius 2 is 2.13 bits per heavy atom. The summed E-state index contributed by atoms with van der Waals surface area (Å²) in [6, 6.07) is 1.62. The molecule has 2 saturated carbocycles. The summed E-state index contributed by atoms with van der Waals surface area (Å²) < 4.78 is 39.5. The summed E-state index contributed by atoms with van der Waals surface area (Å²) in [5, 5.41) is 8.78. The summed E-state index contributed by atoms with van der Waals surface area (Å²) in [7, 11) is -4.33. The van der Waals surface area contributed by atoms with Crippen molar-refractivity contribution in [3.63, 3.8) is 0 Å². The second-order valence-electron chi connectivity index (χ2n) is 8.51. The van der Waals surface area contributed by atoms with Crippen molar-refractivity contribution in [1.82, 2.24) is 4.98 Å². The fourth-order valence-electron chi connectivity index (χ4n) is 4.78. The number of Topliss-reactive ketones (excluding diaryl/α,β-unsaturated/α-hetero) is 1. The molecule has 12 heteroatoms. The molecule has 4 rings (SSSR count). The molecule has 10 nitrogen and oxygen atoms in total. The normalized spacial score (nSPS) is 32.1. The van der Waals surface area contributed by atoms with Gasteiger partial charge in [-0.3, -0.25) is 4.79 Å². The molecule has 1 saturated heterocycles. The van der Waals surface area contributed by atoms with Crippen LogP contribution in [0.3, 0.4) is 0 Å². The number of hydrogen-bond donors (Lipinski definition) is 3. The molecule has 4 atom stereocenters. The van der Waals surface area contributed by atoms with E-state index >= 15 is 0 Å². The van der Waals surface area contributed by atoms with Crippen molar-refractivity contribution in [2.75, 3.05) is 24.7 Å². The highest BCUT2D eigenvalue weighted by atomic mass is 32.2. The number of anilines is 1. The molecule has 2 bridgehead atoms. The average molecular weight is 462 g/mol. The molecule has 4 N–H and O–H groups in total. The third-order valence-corrected chi connectivity index (χ3v) is 8.77. The van der Waals surface area contributed by atoms with Crippen LogP contribution in [0.25, 0.3) is 0 Å². The van der Waals surface area contributed by atoms with Crippen LogP contribution in [0.5, 0.6) is 0 Å². The number of rotatable bonds is 4. The van der Waals surface area contributed by atoms with Gasteiger partial charge >= 0.3 is 5.69 Å². The lowest BCUT2D eigenvalue weighted by atomic mass is 9.70. The molecule has 1 aromatic heterocycles. The van der Waals surface area contributed by atoms with Gasteiger partial charge in [-0.1, -0.05) is 25.6 Å². The Morgan fingerprint density at radius 3 is 2.60 bits per heavy atom. The zero-order valence-electron chi connectivity index (χ0n) is 16.9. The molecule has 0 unspecified atom stereocenters. The van der Waals surface area contributed by atoms with Gasteiger partial charge in [0.05, 0.1) is 29.1 Å². The van der Waals surface area contributed by atoms with Crippen LogP contribution in [0.4, 0.5) is 5.82 Å². The first-order chi connectivity index (χ1) is 13.9. The fraction of sp³-hybridized carbons (Fsp3) is 0.722. The number of hydrogen-bond acceptors (Lipinski definition) is 9.